The van der Waals surface area contributed by atoms with E-state index in [2.05, 4.69) is 19.2 Å². The Kier molecular flexibility index (Phi) is 2.93. The summed E-state index contributed by atoms with van der Waals surface area (Å²) in [6.07, 6.45) is 3.43. The van der Waals surface area contributed by atoms with Crippen molar-refractivity contribution in [3.05, 3.63) is 11.9 Å². The average molecular weight is 195 g/mol. The fraction of sp³-hybridized carbons (Fsp3) is 0.600. The minimum Gasteiger partial charge on any atom is -0.392 e. The Morgan fingerprint density at radius 2 is 2.29 bits per heavy atom. The normalized spacial score (nSPS) is 21.2. The lowest BCUT2D eigenvalue weighted by atomic mass is 9.93. The van der Waals surface area contributed by atoms with Crippen LogP contribution in [-0.4, -0.2) is 30.6 Å². The number of hydrogen-bond acceptors (Lipinski definition) is 3. The molecule has 0 atom stereocenters. The van der Waals surface area contributed by atoms with Gasteiger partial charge in [-0.2, -0.15) is 0 Å². The lowest BCUT2D eigenvalue weighted by molar-refractivity contribution is -0.125. The molecule has 4 nitrogen and oxygen atoms in total. The molecule has 0 saturated carbocycles. The Balaban J connectivity index is 2.84. The predicted molar refractivity (Wildman–Crippen MR) is 56.0 cm³/mol. The van der Waals surface area contributed by atoms with Crippen molar-refractivity contribution in [3.63, 3.8) is 0 Å². The Hall–Kier alpha value is -1.32. The molecule has 14 heavy (non-hydrogen) atoms. The van der Waals surface area contributed by atoms with Crippen LogP contribution in [0.25, 0.3) is 0 Å². The van der Waals surface area contributed by atoms with E-state index in [-0.39, 0.29) is 11.3 Å². The van der Waals surface area contributed by atoms with E-state index in [1.807, 2.05) is 0 Å². The van der Waals surface area contributed by atoms with Gasteiger partial charge in [0, 0.05) is 32.4 Å². The van der Waals surface area contributed by atoms with Crippen LogP contribution in [0, 0.1) is 10.8 Å². The van der Waals surface area contributed by atoms with Crippen molar-refractivity contribution in [2.24, 2.45) is 5.41 Å². The molecule has 0 aromatic rings. The van der Waals surface area contributed by atoms with Crippen molar-refractivity contribution >= 4 is 12.1 Å². The SMILES string of the molecule is CN/C=C(\C=N)N1CC(C)(C)CC1=O. The maximum absolute atomic E-state index is 11.6. The number of rotatable bonds is 3. The molecule has 0 unspecified atom stereocenters. The summed E-state index contributed by atoms with van der Waals surface area (Å²) in [6.45, 7) is 4.81. The van der Waals surface area contributed by atoms with Crippen LogP contribution >= 0.6 is 0 Å². The van der Waals surface area contributed by atoms with Crippen LogP contribution in [0.4, 0.5) is 0 Å². The molecule has 1 amide bonds. The zero-order chi connectivity index (χ0) is 10.8. The number of hydrogen-bond donors (Lipinski definition) is 2. The van der Waals surface area contributed by atoms with Crippen LogP contribution in [0.2, 0.25) is 0 Å². The Morgan fingerprint density at radius 3 is 2.64 bits per heavy atom. The van der Waals surface area contributed by atoms with Crippen LogP contribution in [0.3, 0.4) is 0 Å². The second-order valence-corrected chi connectivity index (χ2v) is 4.32. The number of nitrogens with one attached hydrogen (secondary N) is 2. The molecule has 0 aliphatic carbocycles. The molecule has 0 aromatic carbocycles. The fourth-order valence-electron chi connectivity index (χ4n) is 1.66. The molecule has 0 spiro atoms. The number of amides is 1. The zero-order valence-corrected chi connectivity index (χ0v) is 8.92. The first kappa shape index (κ1) is 10.8. The third kappa shape index (κ3) is 2.13. The molecular weight excluding hydrogens is 178 g/mol. The van der Waals surface area contributed by atoms with Crippen molar-refractivity contribution in [2.45, 2.75) is 20.3 Å². The molecular formula is C10H17N3O. The van der Waals surface area contributed by atoms with Gasteiger partial charge in [0.1, 0.15) is 0 Å². The van der Waals surface area contributed by atoms with Gasteiger partial charge in [0.2, 0.25) is 5.91 Å². The van der Waals surface area contributed by atoms with Gasteiger partial charge >= 0.3 is 0 Å². The molecule has 1 fully saturated rings. The van der Waals surface area contributed by atoms with Crippen molar-refractivity contribution in [3.8, 4) is 0 Å². The molecule has 0 radical (unpaired) electrons. The van der Waals surface area contributed by atoms with Gasteiger partial charge in [-0.25, -0.2) is 0 Å². The highest BCUT2D eigenvalue weighted by atomic mass is 16.2. The fourth-order valence-corrected chi connectivity index (χ4v) is 1.66. The Bertz CT molecular complexity index is 281. The maximum Gasteiger partial charge on any atom is 0.227 e. The van der Waals surface area contributed by atoms with Gasteiger partial charge in [0.25, 0.3) is 0 Å². The summed E-state index contributed by atoms with van der Waals surface area (Å²) in [5, 5.41) is 10.1. The van der Waals surface area contributed by atoms with Crippen LogP contribution in [0.15, 0.2) is 11.9 Å². The van der Waals surface area contributed by atoms with E-state index in [1.165, 1.54) is 6.21 Å². The van der Waals surface area contributed by atoms with Crippen LogP contribution in [0.1, 0.15) is 20.3 Å². The topological polar surface area (TPSA) is 56.2 Å². The Labute approximate surface area is 84.5 Å². The summed E-state index contributed by atoms with van der Waals surface area (Å²) in [6, 6.07) is 0. The molecule has 1 saturated heterocycles. The van der Waals surface area contributed by atoms with Gasteiger partial charge in [-0.15, -0.1) is 0 Å². The highest BCUT2D eigenvalue weighted by Crippen LogP contribution is 2.31. The smallest absolute Gasteiger partial charge is 0.227 e. The molecule has 1 rings (SSSR count). The summed E-state index contributed by atoms with van der Waals surface area (Å²) in [4.78, 5) is 13.3. The Morgan fingerprint density at radius 1 is 1.64 bits per heavy atom. The molecule has 4 heteroatoms. The largest absolute Gasteiger partial charge is 0.392 e. The highest BCUT2D eigenvalue weighted by Gasteiger charge is 2.36. The quantitative estimate of drug-likeness (QED) is 0.659. The van der Waals surface area contributed by atoms with Gasteiger partial charge in [-0.1, -0.05) is 13.8 Å². The summed E-state index contributed by atoms with van der Waals surface area (Å²) >= 11 is 0. The van der Waals surface area contributed by atoms with Crippen molar-refractivity contribution in [2.75, 3.05) is 13.6 Å². The lowest BCUT2D eigenvalue weighted by Crippen LogP contribution is -2.27. The number of allylic oxidation sites excluding steroid dienone is 1. The molecule has 1 heterocycles. The van der Waals surface area contributed by atoms with Crippen LogP contribution < -0.4 is 5.32 Å². The van der Waals surface area contributed by atoms with E-state index >= 15 is 0 Å². The first-order chi connectivity index (χ1) is 6.50. The van der Waals surface area contributed by atoms with E-state index in [0.29, 0.717) is 18.7 Å². The van der Waals surface area contributed by atoms with Crippen LogP contribution in [0.5, 0.6) is 0 Å². The van der Waals surface area contributed by atoms with Crippen LogP contribution in [-0.2, 0) is 4.79 Å². The summed E-state index contributed by atoms with van der Waals surface area (Å²) < 4.78 is 0. The van der Waals surface area contributed by atoms with Gasteiger partial charge in [0.15, 0.2) is 0 Å². The van der Waals surface area contributed by atoms with Crippen molar-refractivity contribution < 1.29 is 4.79 Å². The predicted octanol–water partition coefficient (Wildman–Crippen LogP) is 0.955. The van der Waals surface area contributed by atoms with E-state index in [4.69, 9.17) is 5.41 Å². The minimum atomic E-state index is 0.0208. The van der Waals surface area contributed by atoms with E-state index in [9.17, 15) is 4.79 Å². The number of nitrogens with zero attached hydrogens (tertiary/aromatic N) is 1. The van der Waals surface area contributed by atoms with Crippen molar-refractivity contribution in [1.82, 2.24) is 10.2 Å². The number of carbonyl (C=O) groups excluding carboxylic acids is 1. The van der Waals surface area contributed by atoms with Gasteiger partial charge in [-0.05, 0) is 5.41 Å². The van der Waals surface area contributed by atoms with Gasteiger partial charge in [0.05, 0.1) is 5.70 Å². The van der Waals surface area contributed by atoms with E-state index in [1.54, 1.807) is 18.1 Å². The second-order valence-electron chi connectivity index (χ2n) is 4.32. The monoisotopic (exact) mass is 195 g/mol. The zero-order valence-electron chi connectivity index (χ0n) is 8.92. The van der Waals surface area contributed by atoms with Gasteiger partial charge < -0.3 is 15.6 Å². The standard InChI is InChI=1S/C10H17N3O/c1-10(2)4-9(14)13(7-10)8(5-11)6-12-3/h5-6,11-12H,4,7H2,1-3H3/b8-6+,11-5?. The molecule has 2 N–H and O–H groups in total. The number of carbonyl (C=O) groups is 1. The summed E-state index contributed by atoms with van der Waals surface area (Å²) in [5.74, 6) is 0.0972. The third-order valence-electron chi connectivity index (χ3n) is 2.27. The molecule has 0 bridgehead atoms. The van der Waals surface area contributed by atoms with Gasteiger partial charge in [-0.3, -0.25) is 4.79 Å². The summed E-state index contributed by atoms with van der Waals surface area (Å²) in [7, 11) is 1.76. The summed E-state index contributed by atoms with van der Waals surface area (Å²) in [5.41, 5.74) is 0.649. The number of likely N-dealkylation sites (tertiary alicyclic amines) is 1. The first-order valence-corrected chi connectivity index (χ1v) is 4.68. The van der Waals surface area contributed by atoms with Crippen molar-refractivity contribution in [1.29, 1.82) is 5.41 Å². The molecule has 1 aliphatic heterocycles. The molecule has 0 aromatic heterocycles. The second kappa shape index (κ2) is 3.82. The maximum atomic E-state index is 11.6. The average Bonchev–Trinajstić information content (AvgIpc) is 2.35. The van der Waals surface area contributed by atoms with E-state index in [0.717, 1.165) is 0 Å². The highest BCUT2D eigenvalue weighted by molar-refractivity contribution is 5.88. The first-order valence-electron chi connectivity index (χ1n) is 4.68. The molecule has 78 valence electrons. The minimum absolute atomic E-state index is 0.0208. The third-order valence-corrected chi connectivity index (χ3v) is 2.27. The molecule has 1 aliphatic rings. The lowest BCUT2D eigenvalue weighted by Gasteiger charge is -2.19. The van der Waals surface area contributed by atoms with E-state index < -0.39 is 0 Å².